The highest BCUT2D eigenvalue weighted by atomic mass is 16.5. The minimum atomic E-state index is -0.161. The molecule has 0 bridgehead atoms. The molecule has 1 aliphatic heterocycles. The summed E-state index contributed by atoms with van der Waals surface area (Å²) in [6.07, 6.45) is 3.24. The summed E-state index contributed by atoms with van der Waals surface area (Å²) < 4.78 is 15.9. The second-order valence-electron chi connectivity index (χ2n) is 5.99. The van der Waals surface area contributed by atoms with E-state index >= 15 is 0 Å². The highest BCUT2D eigenvalue weighted by Gasteiger charge is 2.16. The van der Waals surface area contributed by atoms with Crippen LogP contribution in [0.15, 0.2) is 34.9 Å². The number of nitrogens with zero attached hydrogens (tertiary/aromatic N) is 1. The molecule has 2 aromatic rings. The van der Waals surface area contributed by atoms with Gasteiger partial charge in [0.05, 0.1) is 19.4 Å². The molecule has 2 N–H and O–H groups in total. The van der Waals surface area contributed by atoms with E-state index in [-0.39, 0.29) is 6.03 Å². The van der Waals surface area contributed by atoms with Crippen LogP contribution in [0.2, 0.25) is 0 Å². The van der Waals surface area contributed by atoms with Crippen molar-refractivity contribution in [2.75, 3.05) is 33.4 Å². The van der Waals surface area contributed by atoms with Gasteiger partial charge in [-0.3, -0.25) is 0 Å². The first-order valence-corrected chi connectivity index (χ1v) is 8.43. The van der Waals surface area contributed by atoms with Gasteiger partial charge < -0.3 is 24.5 Å². The molecule has 0 saturated carbocycles. The molecule has 1 atom stereocenters. The number of methoxy groups -OCH3 is 1. The number of urea groups is 1. The summed E-state index contributed by atoms with van der Waals surface area (Å²) in [4.78, 5) is 16.2. The molecule has 0 radical (unpaired) electrons. The van der Waals surface area contributed by atoms with Crippen molar-refractivity contribution >= 4 is 6.03 Å². The van der Waals surface area contributed by atoms with Crippen molar-refractivity contribution in [2.24, 2.45) is 5.92 Å². The molecule has 1 aliphatic rings. The average molecular weight is 345 g/mol. The highest BCUT2D eigenvalue weighted by Crippen LogP contribution is 2.21. The molecule has 2 amide bonds. The number of oxazole rings is 1. The fourth-order valence-corrected chi connectivity index (χ4v) is 2.64. The zero-order valence-electron chi connectivity index (χ0n) is 14.3. The van der Waals surface area contributed by atoms with Crippen LogP contribution in [0.4, 0.5) is 4.79 Å². The average Bonchev–Trinajstić information content (AvgIpc) is 3.32. The Morgan fingerprint density at radius 1 is 1.32 bits per heavy atom. The molecule has 7 heteroatoms. The first-order valence-electron chi connectivity index (χ1n) is 8.43. The normalized spacial score (nSPS) is 16.6. The van der Waals surface area contributed by atoms with Gasteiger partial charge in [-0.1, -0.05) is 0 Å². The minimum absolute atomic E-state index is 0.161. The van der Waals surface area contributed by atoms with Crippen LogP contribution in [-0.2, 0) is 11.2 Å². The molecule has 134 valence electrons. The van der Waals surface area contributed by atoms with Crippen molar-refractivity contribution in [3.63, 3.8) is 0 Å². The number of hydrogen-bond donors (Lipinski definition) is 2. The van der Waals surface area contributed by atoms with Gasteiger partial charge in [0, 0.05) is 37.6 Å². The van der Waals surface area contributed by atoms with E-state index in [2.05, 4.69) is 15.6 Å². The van der Waals surface area contributed by atoms with Gasteiger partial charge in [-0.15, -0.1) is 0 Å². The largest absolute Gasteiger partial charge is 0.497 e. The van der Waals surface area contributed by atoms with Gasteiger partial charge in [0.1, 0.15) is 12.0 Å². The Bertz CT molecular complexity index is 678. The molecule has 7 nitrogen and oxygen atoms in total. The molecule has 0 aliphatic carbocycles. The number of rotatable bonds is 7. The molecule has 1 aromatic carbocycles. The topological polar surface area (TPSA) is 85.6 Å². The number of hydrogen-bond acceptors (Lipinski definition) is 5. The number of carbonyl (C=O) groups is 1. The third-order valence-corrected chi connectivity index (χ3v) is 4.13. The molecular formula is C18H23N3O4. The third-order valence-electron chi connectivity index (χ3n) is 4.13. The predicted molar refractivity (Wildman–Crippen MR) is 92.5 cm³/mol. The van der Waals surface area contributed by atoms with E-state index in [4.69, 9.17) is 13.9 Å². The van der Waals surface area contributed by atoms with Crippen molar-refractivity contribution in [1.29, 1.82) is 0 Å². The number of nitrogens with one attached hydrogen (secondary N) is 2. The highest BCUT2D eigenvalue weighted by molar-refractivity contribution is 5.73. The Labute approximate surface area is 146 Å². The van der Waals surface area contributed by atoms with Gasteiger partial charge in [0.2, 0.25) is 5.89 Å². The summed E-state index contributed by atoms with van der Waals surface area (Å²) >= 11 is 0. The van der Waals surface area contributed by atoms with Crippen LogP contribution < -0.4 is 15.4 Å². The quantitative estimate of drug-likeness (QED) is 0.804. The fourth-order valence-electron chi connectivity index (χ4n) is 2.64. The van der Waals surface area contributed by atoms with Gasteiger partial charge in [-0.25, -0.2) is 9.78 Å². The molecule has 1 fully saturated rings. The summed E-state index contributed by atoms with van der Waals surface area (Å²) in [5.41, 5.74) is 1.69. The van der Waals surface area contributed by atoms with Crippen molar-refractivity contribution < 1.29 is 18.7 Å². The van der Waals surface area contributed by atoms with E-state index < -0.39 is 0 Å². The first kappa shape index (κ1) is 17.3. The number of amides is 2. The number of ether oxygens (including phenoxy) is 2. The summed E-state index contributed by atoms with van der Waals surface area (Å²) in [6, 6.07) is 7.35. The van der Waals surface area contributed by atoms with Crippen LogP contribution in [0.25, 0.3) is 11.5 Å². The van der Waals surface area contributed by atoms with Gasteiger partial charge in [0.25, 0.3) is 0 Å². The lowest BCUT2D eigenvalue weighted by Crippen LogP contribution is -2.39. The monoisotopic (exact) mass is 345 g/mol. The Hall–Kier alpha value is -2.54. The Morgan fingerprint density at radius 2 is 2.16 bits per heavy atom. The molecule has 1 aromatic heterocycles. The van der Waals surface area contributed by atoms with Crippen molar-refractivity contribution in [1.82, 2.24) is 15.6 Å². The van der Waals surface area contributed by atoms with Gasteiger partial charge >= 0.3 is 6.03 Å². The van der Waals surface area contributed by atoms with Crippen molar-refractivity contribution in [3.05, 3.63) is 36.2 Å². The third kappa shape index (κ3) is 4.96. The van der Waals surface area contributed by atoms with Crippen molar-refractivity contribution in [3.8, 4) is 17.2 Å². The summed E-state index contributed by atoms with van der Waals surface area (Å²) in [5, 5.41) is 5.70. The van der Waals surface area contributed by atoms with E-state index in [1.54, 1.807) is 13.4 Å². The van der Waals surface area contributed by atoms with E-state index in [0.29, 0.717) is 31.3 Å². The molecule has 0 spiro atoms. The number of aromatic nitrogens is 1. The van der Waals surface area contributed by atoms with Crippen LogP contribution in [0, 0.1) is 5.92 Å². The second kappa shape index (κ2) is 8.53. The molecule has 0 unspecified atom stereocenters. The molecule has 1 saturated heterocycles. The van der Waals surface area contributed by atoms with Crippen LogP contribution in [0.5, 0.6) is 5.75 Å². The SMILES string of the molecule is COc1ccc(-c2nc(CCNC(=O)NC[C@@H]3CCOC3)co2)cc1. The van der Waals surface area contributed by atoms with Gasteiger partial charge in [0.15, 0.2) is 0 Å². The predicted octanol–water partition coefficient (Wildman–Crippen LogP) is 2.23. The lowest BCUT2D eigenvalue weighted by molar-refractivity contribution is 0.185. The van der Waals surface area contributed by atoms with Gasteiger partial charge in [-0.2, -0.15) is 0 Å². The number of carbonyl (C=O) groups excluding carboxylic acids is 1. The maximum Gasteiger partial charge on any atom is 0.314 e. The van der Waals surface area contributed by atoms with Crippen LogP contribution >= 0.6 is 0 Å². The maximum absolute atomic E-state index is 11.8. The van der Waals surface area contributed by atoms with Gasteiger partial charge in [-0.05, 0) is 30.7 Å². The summed E-state index contributed by atoms with van der Waals surface area (Å²) in [6.45, 7) is 2.67. The summed E-state index contributed by atoms with van der Waals surface area (Å²) in [7, 11) is 1.63. The standard InChI is InChI=1S/C18H23N3O4/c1-23-16-4-2-14(3-5-16)17-21-15(12-25-17)6-8-19-18(22)20-10-13-7-9-24-11-13/h2-5,12-13H,6-11H2,1H3,(H2,19,20,22)/t13-/m0/s1. The smallest absolute Gasteiger partial charge is 0.314 e. The van der Waals surface area contributed by atoms with Crippen LogP contribution in [0.3, 0.4) is 0 Å². The molecule has 2 heterocycles. The molecule has 3 rings (SSSR count). The Kier molecular flexibility index (Phi) is 5.90. The van der Waals surface area contributed by atoms with Crippen LogP contribution in [-0.4, -0.2) is 44.4 Å². The zero-order valence-corrected chi connectivity index (χ0v) is 14.3. The maximum atomic E-state index is 11.8. The van der Waals surface area contributed by atoms with Crippen LogP contribution in [0.1, 0.15) is 12.1 Å². The lowest BCUT2D eigenvalue weighted by Gasteiger charge is -2.10. The van der Waals surface area contributed by atoms with Crippen molar-refractivity contribution in [2.45, 2.75) is 12.8 Å². The second-order valence-corrected chi connectivity index (χ2v) is 5.99. The summed E-state index contributed by atoms with van der Waals surface area (Å²) in [5.74, 6) is 1.77. The van der Waals surface area contributed by atoms with E-state index in [1.807, 2.05) is 24.3 Å². The minimum Gasteiger partial charge on any atom is -0.497 e. The fraction of sp³-hybridized carbons (Fsp3) is 0.444. The van der Waals surface area contributed by atoms with E-state index in [0.717, 1.165) is 36.6 Å². The lowest BCUT2D eigenvalue weighted by atomic mass is 10.1. The molecule has 25 heavy (non-hydrogen) atoms. The number of benzene rings is 1. The first-order chi connectivity index (χ1) is 12.2. The van der Waals surface area contributed by atoms with E-state index in [1.165, 1.54) is 0 Å². The zero-order chi connectivity index (χ0) is 17.5. The Balaban J connectivity index is 1.41. The van der Waals surface area contributed by atoms with E-state index in [9.17, 15) is 4.79 Å². The molecular weight excluding hydrogens is 322 g/mol. The Morgan fingerprint density at radius 3 is 2.88 bits per heavy atom.